The highest BCUT2D eigenvalue weighted by Crippen LogP contribution is 2.38. The van der Waals surface area contributed by atoms with Crippen molar-refractivity contribution in [2.24, 2.45) is 0 Å². The van der Waals surface area contributed by atoms with E-state index in [1.165, 1.54) is 0 Å². The molecular formula is C15H20N2O4. The summed E-state index contributed by atoms with van der Waals surface area (Å²) >= 11 is 0. The lowest BCUT2D eigenvalue weighted by molar-refractivity contribution is -0.136. The van der Waals surface area contributed by atoms with Crippen LogP contribution < -0.4 is 15.4 Å². The van der Waals surface area contributed by atoms with Gasteiger partial charge in [0.05, 0.1) is 12.5 Å². The first-order valence-electron chi connectivity index (χ1n) is 7.00. The van der Waals surface area contributed by atoms with Crippen molar-refractivity contribution in [3.05, 3.63) is 29.8 Å². The number of rotatable bonds is 5. The molecule has 114 valence electrons. The Balaban J connectivity index is 1.86. The van der Waals surface area contributed by atoms with Crippen LogP contribution >= 0.6 is 0 Å². The number of nitrogens with one attached hydrogen (secondary N) is 2. The van der Waals surface area contributed by atoms with Gasteiger partial charge in [0.25, 0.3) is 0 Å². The number of carbonyl (C=O) groups excluding carboxylic acids is 1. The molecule has 0 bridgehead atoms. The molecule has 1 aromatic carbocycles. The van der Waals surface area contributed by atoms with Gasteiger partial charge >= 0.3 is 12.0 Å². The van der Waals surface area contributed by atoms with Crippen LogP contribution in [0.5, 0.6) is 5.75 Å². The van der Waals surface area contributed by atoms with E-state index >= 15 is 0 Å². The first kappa shape index (κ1) is 15.2. The number of carbonyl (C=O) groups is 2. The zero-order chi connectivity index (χ0) is 15.4. The maximum atomic E-state index is 11.7. The Morgan fingerprint density at radius 2 is 2.10 bits per heavy atom. The lowest BCUT2D eigenvalue weighted by atomic mass is 9.94. The van der Waals surface area contributed by atoms with E-state index in [-0.39, 0.29) is 37.1 Å². The molecule has 1 heterocycles. The number of aliphatic carboxylic acids is 1. The van der Waals surface area contributed by atoms with Gasteiger partial charge in [0, 0.05) is 18.0 Å². The molecule has 1 aliphatic rings. The van der Waals surface area contributed by atoms with Crippen LogP contribution in [0.1, 0.15) is 31.7 Å². The topological polar surface area (TPSA) is 87.7 Å². The number of carboxylic acid groups (broad SMARTS) is 1. The Labute approximate surface area is 123 Å². The molecule has 21 heavy (non-hydrogen) atoms. The summed E-state index contributed by atoms with van der Waals surface area (Å²) in [5, 5.41) is 13.8. The molecule has 0 aromatic heterocycles. The third kappa shape index (κ3) is 3.65. The van der Waals surface area contributed by atoms with Gasteiger partial charge in [-0.1, -0.05) is 25.1 Å². The Morgan fingerprint density at radius 3 is 2.76 bits per heavy atom. The summed E-state index contributed by atoms with van der Waals surface area (Å²) in [5.74, 6) is 0.108. The summed E-state index contributed by atoms with van der Waals surface area (Å²) in [4.78, 5) is 22.1. The van der Waals surface area contributed by atoms with E-state index in [0.717, 1.165) is 11.3 Å². The SMILES string of the molecule is CC(NC(=O)NCCC(=O)O)C1Oc2ccccc2C1C. The third-order valence-electron chi connectivity index (χ3n) is 3.64. The lowest BCUT2D eigenvalue weighted by Crippen LogP contribution is -2.48. The number of para-hydroxylation sites is 1. The Bertz CT molecular complexity index is 532. The summed E-state index contributed by atoms with van der Waals surface area (Å²) in [6, 6.07) is 7.28. The second-order valence-electron chi connectivity index (χ2n) is 5.24. The van der Waals surface area contributed by atoms with Gasteiger partial charge in [-0.3, -0.25) is 4.79 Å². The summed E-state index contributed by atoms with van der Waals surface area (Å²) in [6.07, 6.45) is -0.226. The second kappa shape index (κ2) is 6.47. The van der Waals surface area contributed by atoms with E-state index in [4.69, 9.17) is 9.84 Å². The van der Waals surface area contributed by atoms with Gasteiger partial charge in [-0.15, -0.1) is 0 Å². The minimum Gasteiger partial charge on any atom is -0.487 e. The predicted octanol–water partition coefficient (Wildman–Crippen LogP) is 1.71. The van der Waals surface area contributed by atoms with Gasteiger partial charge in [-0.2, -0.15) is 0 Å². The van der Waals surface area contributed by atoms with Gasteiger partial charge in [-0.25, -0.2) is 4.79 Å². The average molecular weight is 292 g/mol. The van der Waals surface area contributed by atoms with Gasteiger partial charge in [0.2, 0.25) is 0 Å². The van der Waals surface area contributed by atoms with E-state index in [9.17, 15) is 9.59 Å². The molecular weight excluding hydrogens is 272 g/mol. The zero-order valence-corrected chi connectivity index (χ0v) is 12.1. The number of hydrogen-bond donors (Lipinski definition) is 3. The normalized spacial score (nSPS) is 21.0. The number of carboxylic acids is 1. The number of ether oxygens (including phenoxy) is 1. The average Bonchev–Trinajstić information content (AvgIpc) is 2.76. The highest BCUT2D eigenvalue weighted by molar-refractivity contribution is 5.75. The fraction of sp³-hybridized carbons (Fsp3) is 0.467. The third-order valence-corrected chi connectivity index (χ3v) is 3.64. The Hall–Kier alpha value is -2.24. The van der Waals surface area contributed by atoms with Crippen molar-refractivity contribution in [2.75, 3.05) is 6.54 Å². The zero-order valence-electron chi connectivity index (χ0n) is 12.1. The van der Waals surface area contributed by atoms with E-state index in [1.54, 1.807) is 0 Å². The molecule has 0 saturated heterocycles. The molecule has 0 fully saturated rings. The number of fused-ring (bicyclic) bond motifs is 1. The Morgan fingerprint density at radius 1 is 1.38 bits per heavy atom. The monoisotopic (exact) mass is 292 g/mol. The number of amides is 2. The molecule has 0 spiro atoms. The van der Waals surface area contributed by atoms with Crippen LogP contribution in [0.15, 0.2) is 24.3 Å². The van der Waals surface area contributed by atoms with Gasteiger partial charge < -0.3 is 20.5 Å². The Kier molecular flexibility index (Phi) is 4.67. The minimum atomic E-state index is -0.938. The summed E-state index contributed by atoms with van der Waals surface area (Å²) < 4.78 is 5.89. The fourth-order valence-corrected chi connectivity index (χ4v) is 2.55. The standard InChI is InChI=1S/C15H20N2O4/c1-9-11-5-3-4-6-12(11)21-14(9)10(2)17-15(20)16-8-7-13(18)19/h3-6,9-10,14H,7-8H2,1-2H3,(H,18,19)(H2,16,17,20). The summed E-state index contributed by atoms with van der Waals surface area (Å²) in [7, 11) is 0. The van der Waals surface area contributed by atoms with Crippen LogP contribution in [0.25, 0.3) is 0 Å². The number of benzene rings is 1. The molecule has 3 N–H and O–H groups in total. The second-order valence-corrected chi connectivity index (χ2v) is 5.24. The number of urea groups is 1. The van der Waals surface area contributed by atoms with Crippen molar-refractivity contribution >= 4 is 12.0 Å². The molecule has 0 radical (unpaired) electrons. The molecule has 0 saturated carbocycles. The maximum Gasteiger partial charge on any atom is 0.315 e. The molecule has 1 aliphatic heterocycles. The fourth-order valence-electron chi connectivity index (χ4n) is 2.55. The molecule has 3 unspecified atom stereocenters. The number of hydrogen-bond acceptors (Lipinski definition) is 3. The van der Waals surface area contributed by atoms with Crippen molar-refractivity contribution in [1.82, 2.24) is 10.6 Å². The van der Waals surface area contributed by atoms with Crippen molar-refractivity contribution in [2.45, 2.75) is 38.3 Å². The van der Waals surface area contributed by atoms with Crippen molar-refractivity contribution in [1.29, 1.82) is 0 Å². The van der Waals surface area contributed by atoms with Crippen molar-refractivity contribution in [3.63, 3.8) is 0 Å². The quantitative estimate of drug-likeness (QED) is 0.771. The van der Waals surface area contributed by atoms with E-state index in [0.29, 0.717) is 0 Å². The van der Waals surface area contributed by atoms with Crippen LogP contribution in [0.2, 0.25) is 0 Å². The largest absolute Gasteiger partial charge is 0.487 e. The first-order chi connectivity index (χ1) is 9.99. The van der Waals surface area contributed by atoms with Crippen molar-refractivity contribution in [3.8, 4) is 5.75 Å². The van der Waals surface area contributed by atoms with E-state index in [2.05, 4.69) is 17.6 Å². The minimum absolute atomic E-state index is 0.0937. The first-order valence-corrected chi connectivity index (χ1v) is 7.00. The molecule has 0 aliphatic carbocycles. The molecule has 2 amide bonds. The van der Waals surface area contributed by atoms with Crippen LogP contribution in [0.3, 0.4) is 0 Å². The van der Waals surface area contributed by atoms with E-state index < -0.39 is 5.97 Å². The van der Waals surface area contributed by atoms with Gasteiger partial charge in [-0.05, 0) is 13.0 Å². The predicted molar refractivity (Wildman–Crippen MR) is 77.5 cm³/mol. The molecule has 1 aromatic rings. The van der Waals surface area contributed by atoms with Crippen LogP contribution in [0.4, 0.5) is 4.79 Å². The molecule has 2 rings (SSSR count). The summed E-state index contributed by atoms with van der Waals surface area (Å²) in [6.45, 7) is 4.05. The summed E-state index contributed by atoms with van der Waals surface area (Å²) in [5.41, 5.74) is 1.14. The van der Waals surface area contributed by atoms with Crippen LogP contribution in [-0.2, 0) is 4.79 Å². The molecule has 3 atom stereocenters. The molecule has 6 heteroatoms. The highest BCUT2D eigenvalue weighted by atomic mass is 16.5. The maximum absolute atomic E-state index is 11.7. The highest BCUT2D eigenvalue weighted by Gasteiger charge is 2.35. The molecule has 6 nitrogen and oxygen atoms in total. The van der Waals surface area contributed by atoms with Gasteiger partial charge in [0.1, 0.15) is 11.9 Å². The van der Waals surface area contributed by atoms with Gasteiger partial charge in [0.15, 0.2) is 0 Å². The smallest absolute Gasteiger partial charge is 0.315 e. The van der Waals surface area contributed by atoms with E-state index in [1.807, 2.05) is 31.2 Å². The van der Waals surface area contributed by atoms with Crippen LogP contribution in [0, 0.1) is 0 Å². The van der Waals surface area contributed by atoms with Crippen LogP contribution in [-0.4, -0.2) is 35.8 Å². The van der Waals surface area contributed by atoms with Crippen molar-refractivity contribution < 1.29 is 19.4 Å². The lowest BCUT2D eigenvalue weighted by Gasteiger charge is -2.24.